The topological polar surface area (TPSA) is 95.5 Å². The van der Waals surface area contributed by atoms with E-state index in [2.05, 4.69) is 0 Å². The Kier molecular flexibility index (Phi) is 4.99. The Morgan fingerprint density at radius 2 is 1.91 bits per heavy atom. The Balaban J connectivity index is 1.49. The van der Waals surface area contributed by atoms with Gasteiger partial charge in [0.25, 0.3) is 5.69 Å². The van der Waals surface area contributed by atoms with Gasteiger partial charge >= 0.3 is 5.97 Å². The minimum atomic E-state index is -0.462. The number of ether oxygens (including phenoxy) is 1. The van der Waals surface area contributed by atoms with Crippen molar-refractivity contribution in [2.24, 2.45) is 0 Å². The normalized spacial score (nSPS) is 13.9. The number of non-ortho nitro benzene ring substituents is 1. The van der Waals surface area contributed by atoms with Gasteiger partial charge in [-0.1, -0.05) is 18.2 Å². The van der Waals surface area contributed by atoms with E-state index in [9.17, 15) is 14.9 Å². The molecule has 0 bridgehead atoms. The number of nitrogens with zero attached hydrogens (tertiary/aromatic N) is 2. The van der Waals surface area contributed by atoms with E-state index in [0.717, 1.165) is 39.9 Å². The first-order valence-electron chi connectivity index (χ1n) is 10.2. The van der Waals surface area contributed by atoms with Crippen molar-refractivity contribution in [3.05, 3.63) is 105 Å². The summed E-state index contributed by atoms with van der Waals surface area (Å²) in [6.45, 7) is 0.0251. The molecule has 0 amide bonds. The minimum Gasteiger partial charge on any atom is -0.465 e. The zero-order chi connectivity index (χ0) is 22.1. The van der Waals surface area contributed by atoms with Gasteiger partial charge < -0.3 is 9.15 Å². The number of esters is 1. The average Bonchev–Trinajstić information content (AvgIpc) is 3.46. The molecule has 0 N–H and O–H groups in total. The smallest absolute Gasteiger partial charge is 0.339 e. The minimum absolute atomic E-state index is 0.00565. The molecule has 4 aromatic rings. The molecule has 1 aliphatic carbocycles. The average molecular weight is 426 g/mol. The fraction of sp³-hybridized carbons (Fsp3) is 0.120. The first kappa shape index (κ1) is 19.7. The lowest BCUT2D eigenvalue weighted by Gasteiger charge is -2.12. The van der Waals surface area contributed by atoms with E-state index in [1.54, 1.807) is 18.4 Å². The van der Waals surface area contributed by atoms with Crippen LogP contribution in [0.25, 0.3) is 22.6 Å². The lowest BCUT2D eigenvalue weighted by Crippen LogP contribution is -2.10. The Morgan fingerprint density at radius 3 is 2.66 bits per heavy atom. The van der Waals surface area contributed by atoms with Crippen molar-refractivity contribution in [2.75, 3.05) is 0 Å². The monoisotopic (exact) mass is 426 g/mol. The van der Waals surface area contributed by atoms with E-state index < -0.39 is 10.9 Å². The van der Waals surface area contributed by atoms with Gasteiger partial charge in [-0.15, -0.1) is 0 Å². The van der Waals surface area contributed by atoms with E-state index in [1.807, 2.05) is 42.5 Å². The van der Waals surface area contributed by atoms with E-state index in [4.69, 9.17) is 14.1 Å². The van der Waals surface area contributed by atoms with Gasteiger partial charge in [0, 0.05) is 17.5 Å². The lowest BCUT2D eigenvalue weighted by molar-refractivity contribution is -0.384. The first-order valence-corrected chi connectivity index (χ1v) is 10.2. The summed E-state index contributed by atoms with van der Waals surface area (Å²) in [6, 6.07) is 17.2. The van der Waals surface area contributed by atoms with Crippen LogP contribution in [0.3, 0.4) is 0 Å². The summed E-state index contributed by atoms with van der Waals surface area (Å²) < 4.78 is 11.1. The molecule has 0 aliphatic heterocycles. The van der Waals surface area contributed by atoms with Crippen molar-refractivity contribution in [3.63, 3.8) is 0 Å². The highest BCUT2D eigenvalue weighted by Crippen LogP contribution is 2.38. The number of nitro benzene ring substituents is 1. The fourth-order valence-electron chi connectivity index (χ4n) is 3.99. The number of hydrogen-bond donors (Lipinski definition) is 0. The molecular weight excluding hydrogens is 408 g/mol. The van der Waals surface area contributed by atoms with Crippen LogP contribution in [0.15, 0.2) is 71.3 Å². The van der Waals surface area contributed by atoms with Crippen molar-refractivity contribution in [2.45, 2.75) is 19.4 Å². The van der Waals surface area contributed by atoms with Crippen LogP contribution in [0, 0.1) is 10.1 Å². The van der Waals surface area contributed by atoms with Crippen molar-refractivity contribution < 1.29 is 18.9 Å². The molecule has 0 unspecified atom stereocenters. The van der Waals surface area contributed by atoms with Crippen LogP contribution in [0.2, 0.25) is 0 Å². The summed E-state index contributed by atoms with van der Waals surface area (Å²) in [4.78, 5) is 28.4. The maximum Gasteiger partial charge on any atom is 0.339 e. The summed E-state index contributed by atoms with van der Waals surface area (Å²) in [5.74, 6) is 0.308. The number of allylic oxidation sites excluding steroid dienone is 1. The highest BCUT2D eigenvalue weighted by Gasteiger charge is 2.27. The van der Waals surface area contributed by atoms with Crippen LogP contribution < -0.4 is 0 Å². The van der Waals surface area contributed by atoms with Gasteiger partial charge in [-0.3, -0.25) is 10.1 Å². The number of carbonyl (C=O) groups is 1. The molecule has 0 fully saturated rings. The van der Waals surface area contributed by atoms with Crippen LogP contribution in [-0.2, 0) is 17.8 Å². The Hall–Kier alpha value is -4.26. The van der Waals surface area contributed by atoms with E-state index >= 15 is 0 Å². The van der Waals surface area contributed by atoms with Gasteiger partial charge in [-0.05, 0) is 65.9 Å². The predicted octanol–water partition coefficient (Wildman–Crippen LogP) is 5.58. The molecule has 0 radical (unpaired) electrons. The number of aromatic nitrogens is 1. The number of rotatable bonds is 5. The number of fused-ring (bicyclic) bond motifs is 2. The molecule has 2 heterocycles. The van der Waals surface area contributed by atoms with Gasteiger partial charge in [0.2, 0.25) is 0 Å². The third-order valence-corrected chi connectivity index (χ3v) is 5.52. The summed E-state index contributed by atoms with van der Waals surface area (Å²) in [6.07, 6.45) is 5.01. The van der Waals surface area contributed by atoms with Crippen LogP contribution in [0.1, 0.15) is 39.4 Å². The molecule has 1 aliphatic rings. The van der Waals surface area contributed by atoms with Crippen molar-refractivity contribution in [3.8, 4) is 0 Å². The molecule has 0 saturated carbocycles. The van der Waals surface area contributed by atoms with E-state index in [-0.39, 0.29) is 12.3 Å². The van der Waals surface area contributed by atoms with Gasteiger partial charge in [-0.2, -0.15) is 0 Å². The molecule has 158 valence electrons. The maximum absolute atomic E-state index is 13.2. The highest BCUT2D eigenvalue weighted by atomic mass is 16.6. The zero-order valence-electron chi connectivity index (χ0n) is 17.0. The Bertz CT molecular complexity index is 1360. The number of nitro groups is 1. The number of para-hydroxylation sites is 1. The molecule has 32 heavy (non-hydrogen) atoms. The van der Waals surface area contributed by atoms with Crippen molar-refractivity contribution in [1.82, 2.24) is 4.98 Å². The number of hydrogen-bond acceptors (Lipinski definition) is 6. The van der Waals surface area contributed by atoms with Crippen molar-refractivity contribution in [1.29, 1.82) is 0 Å². The number of carbonyl (C=O) groups excluding carboxylic acids is 1. The first-order chi connectivity index (χ1) is 15.6. The quantitative estimate of drug-likeness (QED) is 0.235. The molecule has 0 saturated heterocycles. The molecule has 7 heteroatoms. The Labute approximate surface area is 183 Å². The summed E-state index contributed by atoms with van der Waals surface area (Å²) in [5, 5.41) is 11.6. The molecule has 2 aromatic heterocycles. The van der Waals surface area contributed by atoms with Crippen LogP contribution in [0.5, 0.6) is 0 Å². The van der Waals surface area contributed by atoms with E-state index in [0.29, 0.717) is 17.5 Å². The van der Waals surface area contributed by atoms with Crippen molar-refractivity contribution >= 4 is 34.2 Å². The van der Waals surface area contributed by atoms with E-state index in [1.165, 1.54) is 12.1 Å². The fourth-order valence-corrected chi connectivity index (χ4v) is 3.99. The molecule has 0 atom stereocenters. The SMILES string of the molecule is O=C(OCc1ccc([N+](=O)[O-])cc1)c1c2c(nc3ccccc13)/C(=C/c1ccco1)CC2. The van der Waals surface area contributed by atoms with Crippen LogP contribution in [-0.4, -0.2) is 15.9 Å². The standard InChI is InChI=1S/C25H18N2O5/c28-25(32-15-16-7-10-18(11-8-16)27(29)30)23-20-5-1-2-6-22(20)26-24-17(9-12-21(23)24)14-19-4-3-13-31-19/h1-8,10-11,13-14H,9,12,15H2/b17-14+. The molecule has 0 spiro atoms. The molecule has 5 rings (SSSR count). The molecule has 2 aromatic carbocycles. The third-order valence-electron chi connectivity index (χ3n) is 5.52. The maximum atomic E-state index is 13.2. The second kappa shape index (κ2) is 8.11. The summed E-state index contributed by atoms with van der Waals surface area (Å²) >= 11 is 0. The zero-order valence-corrected chi connectivity index (χ0v) is 17.0. The summed E-state index contributed by atoms with van der Waals surface area (Å²) in [5.41, 5.74) is 4.60. The predicted molar refractivity (Wildman–Crippen MR) is 119 cm³/mol. The number of pyridine rings is 1. The largest absolute Gasteiger partial charge is 0.465 e. The highest BCUT2D eigenvalue weighted by molar-refractivity contribution is 6.07. The van der Waals surface area contributed by atoms with Gasteiger partial charge in [0.05, 0.1) is 28.0 Å². The molecular formula is C25H18N2O5. The second-order valence-electron chi connectivity index (χ2n) is 7.52. The van der Waals surface area contributed by atoms with Crippen LogP contribution in [0.4, 0.5) is 5.69 Å². The van der Waals surface area contributed by atoms with Gasteiger partial charge in [-0.25, -0.2) is 9.78 Å². The lowest BCUT2D eigenvalue weighted by atomic mass is 10.0. The number of benzene rings is 2. The van der Waals surface area contributed by atoms with Crippen LogP contribution >= 0.6 is 0 Å². The Morgan fingerprint density at radius 1 is 1.09 bits per heavy atom. The summed E-state index contributed by atoms with van der Waals surface area (Å²) in [7, 11) is 0. The van der Waals surface area contributed by atoms with Gasteiger partial charge in [0.1, 0.15) is 12.4 Å². The third kappa shape index (κ3) is 3.65. The number of furan rings is 1. The van der Waals surface area contributed by atoms with Gasteiger partial charge in [0.15, 0.2) is 0 Å². The molecule has 7 nitrogen and oxygen atoms in total. The second-order valence-corrected chi connectivity index (χ2v) is 7.52.